The summed E-state index contributed by atoms with van der Waals surface area (Å²) in [5.74, 6) is 4.35. The third kappa shape index (κ3) is 1.68. The van der Waals surface area contributed by atoms with E-state index in [0.29, 0.717) is 6.04 Å². The lowest BCUT2D eigenvalue weighted by Gasteiger charge is -2.21. The van der Waals surface area contributed by atoms with Gasteiger partial charge in [0.15, 0.2) is 0 Å². The standard InChI is InChI=1S/C10H15N3S/c1-2-7(1)10-12-5-8(13-10)9-6-14-4-3-11-9/h5,7,9,11H,1-4,6H2,(H,12,13). The fourth-order valence-corrected chi connectivity index (χ4v) is 2.82. The first-order valence-corrected chi connectivity index (χ1v) is 6.45. The summed E-state index contributed by atoms with van der Waals surface area (Å²) in [5.41, 5.74) is 1.28. The van der Waals surface area contributed by atoms with Gasteiger partial charge in [-0.3, -0.25) is 0 Å². The lowest BCUT2D eigenvalue weighted by atomic mass is 10.2. The lowest BCUT2D eigenvalue weighted by Crippen LogP contribution is -2.30. The molecule has 0 aromatic carbocycles. The van der Waals surface area contributed by atoms with Gasteiger partial charge in [-0.15, -0.1) is 0 Å². The SMILES string of the molecule is c1nc(C2CC2)[nH]c1C1CSCCN1. The van der Waals surface area contributed by atoms with Crippen molar-refractivity contribution in [3.63, 3.8) is 0 Å². The van der Waals surface area contributed by atoms with E-state index in [1.165, 1.54) is 35.9 Å². The van der Waals surface area contributed by atoms with E-state index < -0.39 is 0 Å². The van der Waals surface area contributed by atoms with Crippen LogP contribution < -0.4 is 5.32 Å². The minimum atomic E-state index is 0.494. The molecule has 3 nitrogen and oxygen atoms in total. The molecule has 1 aliphatic heterocycles. The van der Waals surface area contributed by atoms with E-state index in [9.17, 15) is 0 Å². The first kappa shape index (κ1) is 8.80. The molecule has 1 unspecified atom stereocenters. The number of nitrogens with zero attached hydrogens (tertiary/aromatic N) is 1. The number of aromatic nitrogens is 2. The molecule has 0 radical (unpaired) electrons. The normalized spacial score (nSPS) is 27.9. The third-order valence-electron chi connectivity index (χ3n) is 2.88. The maximum atomic E-state index is 4.45. The number of rotatable bonds is 2. The van der Waals surface area contributed by atoms with E-state index in [2.05, 4.69) is 15.3 Å². The monoisotopic (exact) mass is 209 g/mol. The number of hydrogen-bond acceptors (Lipinski definition) is 3. The highest BCUT2D eigenvalue weighted by Crippen LogP contribution is 2.38. The van der Waals surface area contributed by atoms with E-state index in [0.717, 1.165) is 12.5 Å². The first-order chi connectivity index (χ1) is 6.93. The van der Waals surface area contributed by atoms with Crippen LogP contribution in [0.2, 0.25) is 0 Å². The Balaban J connectivity index is 1.74. The van der Waals surface area contributed by atoms with E-state index in [1.54, 1.807) is 0 Å². The highest BCUT2D eigenvalue weighted by atomic mass is 32.2. The Hall–Kier alpha value is -0.480. The molecule has 76 valence electrons. The number of thioether (sulfide) groups is 1. The maximum Gasteiger partial charge on any atom is 0.109 e. The van der Waals surface area contributed by atoms with Crippen LogP contribution in [0.1, 0.15) is 36.3 Å². The molecule has 1 aromatic heterocycles. The van der Waals surface area contributed by atoms with Crippen molar-refractivity contribution >= 4 is 11.8 Å². The molecule has 0 bridgehead atoms. The third-order valence-corrected chi connectivity index (χ3v) is 3.94. The Morgan fingerprint density at radius 2 is 2.36 bits per heavy atom. The van der Waals surface area contributed by atoms with Gasteiger partial charge in [0.1, 0.15) is 5.82 Å². The van der Waals surface area contributed by atoms with Crippen molar-refractivity contribution < 1.29 is 0 Å². The van der Waals surface area contributed by atoms with Gasteiger partial charge in [0, 0.05) is 30.2 Å². The van der Waals surface area contributed by atoms with Gasteiger partial charge >= 0.3 is 0 Å². The summed E-state index contributed by atoms with van der Waals surface area (Å²) in [6.45, 7) is 1.12. The van der Waals surface area contributed by atoms with Crippen molar-refractivity contribution in [2.24, 2.45) is 0 Å². The van der Waals surface area contributed by atoms with Crippen LogP contribution in [-0.4, -0.2) is 28.0 Å². The zero-order valence-corrected chi connectivity index (χ0v) is 8.94. The smallest absolute Gasteiger partial charge is 0.109 e. The molecule has 1 atom stereocenters. The number of nitrogens with one attached hydrogen (secondary N) is 2. The summed E-state index contributed by atoms with van der Waals surface area (Å²) in [7, 11) is 0. The van der Waals surface area contributed by atoms with Gasteiger partial charge in [-0.25, -0.2) is 4.98 Å². The fourth-order valence-electron chi connectivity index (χ4n) is 1.86. The minimum Gasteiger partial charge on any atom is -0.344 e. The van der Waals surface area contributed by atoms with Crippen LogP contribution >= 0.6 is 11.8 Å². The molecular weight excluding hydrogens is 194 g/mol. The van der Waals surface area contributed by atoms with Crippen LogP contribution in [0.15, 0.2) is 6.20 Å². The summed E-state index contributed by atoms with van der Waals surface area (Å²) in [6, 6.07) is 0.494. The van der Waals surface area contributed by atoms with Gasteiger partial charge in [-0.2, -0.15) is 11.8 Å². The van der Waals surface area contributed by atoms with Crippen LogP contribution in [0.3, 0.4) is 0 Å². The average Bonchev–Trinajstić information content (AvgIpc) is 2.98. The molecule has 4 heteroatoms. The Kier molecular flexibility index (Phi) is 2.25. The molecule has 2 N–H and O–H groups in total. The van der Waals surface area contributed by atoms with Crippen molar-refractivity contribution in [1.29, 1.82) is 0 Å². The predicted molar refractivity (Wildman–Crippen MR) is 58.6 cm³/mol. The summed E-state index contributed by atoms with van der Waals surface area (Å²) >= 11 is 2.02. The van der Waals surface area contributed by atoms with Gasteiger partial charge < -0.3 is 10.3 Å². The molecule has 0 amide bonds. The second-order valence-corrected chi connectivity index (χ2v) is 5.23. The quantitative estimate of drug-likeness (QED) is 0.778. The molecule has 1 aliphatic carbocycles. The Bertz CT molecular complexity index is 313. The molecular formula is C10H15N3S. The zero-order chi connectivity index (χ0) is 9.38. The maximum absolute atomic E-state index is 4.45. The van der Waals surface area contributed by atoms with Crippen molar-refractivity contribution in [3.8, 4) is 0 Å². The van der Waals surface area contributed by atoms with Crippen molar-refractivity contribution in [1.82, 2.24) is 15.3 Å². The lowest BCUT2D eigenvalue weighted by molar-refractivity contribution is 0.582. The molecule has 2 aliphatic rings. The molecule has 0 spiro atoms. The van der Waals surface area contributed by atoms with Gasteiger partial charge in [0.25, 0.3) is 0 Å². The number of hydrogen-bond donors (Lipinski definition) is 2. The highest BCUT2D eigenvalue weighted by molar-refractivity contribution is 7.99. The Morgan fingerprint density at radius 3 is 3.07 bits per heavy atom. The molecule has 14 heavy (non-hydrogen) atoms. The van der Waals surface area contributed by atoms with Crippen molar-refractivity contribution in [2.75, 3.05) is 18.1 Å². The van der Waals surface area contributed by atoms with E-state index in [-0.39, 0.29) is 0 Å². The average molecular weight is 209 g/mol. The van der Waals surface area contributed by atoms with Gasteiger partial charge in [-0.1, -0.05) is 0 Å². The predicted octanol–water partition coefficient (Wildman–Crippen LogP) is 1.66. The summed E-state index contributed by atoms with van der Waals surface area (Å²) in [6.07, 6.45) is 4.65. The van der Waals surface area contributed by atoms with Crippen LogP contribution in [0.25, 0.3) is 0 Å². The van der Waals surface area contributed by atoms with Crippen LogP contribution in [0.5, 0.6) is 0 Å². The summed E-state index contributed by atoms with van der Waals surface area (Å²) in [5, 5.41) is 3.52. The molecule has 1 aromatic rings. The molecule has 1 saturated heterocycles. The van der Waals surface area contributed by atoms with Crippen LogP contribution in [0, 0.1) is 0 Å². The second kappa shape index (κ2) is 3.59. The first-order valence-electron chi connectivity index (χ1n) is 5.29. The Morgan fingerprint density at radius 1 is 1.43 bits per heavy atom. The second-order valence-electron chi connectivity index (χ2n) is 4.08. The fraction of sp³-hybridized carbons (Fsp3) is 0.700. The summed E-state index contributed by atoms with van der Waals surface area (Å²) < 4.78 is 0. The number of aromatic amines is 1. The Labute approximate surface area is 88.1 Å². The van der Waals surface area contributed by atoms with Crippen LogP contribution in [0.4, 0.5) is 0 Å². The highest BCUT2D eigenvalue weighted by Gasteiger charge is 2.27. The van der Waals surface area contributed by atoms with Gasteiger partial charge in [0.05, 0.1) is 11.7 Å². The zero-order valence-electron chi connectivity index (χ0n) is 8.12. The van der Waals surface area contributed by atoms with E-state index >= 15 is 0 Å². The van der Waals surface area contributed by atoms with Gasteiger partial charge in [-0.05, 0) is 12.8 Å². The molecule has 3 rings (SSSR count). The van der Waals surface area contributed by atoms with Gasteiger partial charge in [0.2, 0.25) is 0 Å². The molecule has 2 heterocycles. The van der Waals surface area contributed by atoms with Crippen molar-refractivity contribution in [2.45, 2.75) is 24.8 Å². The number of H-pyrrole nitrogens is 1. The van der Waals surface area contributed by atoms with E-state index in [1.807, 2.05) is 18.0 Å². The number of imidazole rings is 1. The van der Waals surface area contributed by atoms with Crippen LogP contribution in [-0.2, 0) is 0 Å². The van der Waals surface area contributed by atoms with Crippen molar-refractivity contribution in [3.05, 3.63) is 17.7 Å². The largest absolute Gasteiger partial charge is 0.344 e. The minimum absolute atomic E-state index is 0.494. The van der Waals surface area contributed by atoms with E-state index in [4.69, 9.17) is 0 Å². The summed E-state index contributed by atoms with van der Waals surface area (Å²) in [4.78, 5) is 7.91. The molecule has 2 fully saturated rings. The molecule has 1 saturated carbocycles. The topological polar surface area (TPSA) is 40.7 Å².